The quantitative estimate of drug-likeness (QED) is 0.760. The number of primary amides is 1. The molecular formula is C10H11N2O2. The highest BCUT2D eigenvalue weighted by molar-refractivity contribution is 5.75. The van der Waals surface area contributed by atoms with Crippen LogP contribution in [-0.2, 0) is 11.3 Å². The summed E-state index contributed by atoms with van der Waals surface area (Å²) in [6.45, 7) is 0.246. The maximum atomic E-state index is 10.9. The molecule has 0 aliphatic rings. The van der Waals surface area contributed by atoms with Gasteiger partial charge in [-0.05, 0) is 5.56 Å². The number of amides is 2. The maximum Gasteiger partial charge on any atom is 0.315 e. The molecule has 0 heterocycles. The van der Waals surface area contributed by atoms with Gasteiger partial charge < -0.3 is 10.6 Å². The van der Waals surface area contributed by atoms with Crippen molar-refractivity contribution in [1.29, 1.82) is 0 Å². The van der Waals surface area contributed by atoms with Crippen molar-refractivity contribution in [3.63, 3.8) is 0 Å². The van der Waals surface area contributed by atoms with Crippen molar-refractivity contribution in [1.82, 2.24) is 4.90 Å². The third kappa shape index (κ3) is 2.90. The van der Waals surface area contributed by atoms with Crippen molar-refractivity contribution in [2.24, 2.45) is 5.73 Å². The molecule has 73 valence electrons. The van der Waals surface area contributed by atoms with Crippen molar-refractivity contribution in [3.8, 4) is 0 Å². The van der Waals surface area contributed by atoms with Crippen molar-refractivity contribution >= 4 is 12.3 Å². The van der Waals surface area contributed by atoms with Crippen LogP contribution in [0.3, 0.4) is 0 Å². The summed E-state index contributed by atoms with van der Waals surface area (Å²) in [5.41, 5.74) is 6.01. The Kier molecular flexibility index (Phi) is 3.67. The first-order valence-electron chi connectivity index (χ1n) is 4.17. The predicted molar refractivity (Wildman–Crippen MR) is 52.1 cm³/mol. The summed E-state index contributed by atoms with van der Waals surface area (Å²) in [5.74, 6) is 0. The summed E-state index contributed by atoms with van der Waals surface area (Å²) in [7, 11) is 0. The summed E-state index contributed by atoms with van der Waals surface area (Å²) in [4.78, 5) is 22.2. The Morgan fingerprint density at radius 2 is 2.00 bits per heavy atom. The molecule has 0 aliphatic heterocycles. The molecule has 0 saturated carbocycles. The first-order valence-corrected chi connectivity index (χ1v) is 4.17. The lowest BCUT2D eigenvalue weighted by atomic mass is 10.2. The summed E-state index contributed by atoms with van der Waals surface area (Å²) >= 11 is 0. The molecule has 14 heavy (non-hydrogen) atoms. The third-order valence-electron chi connectivity index (χ3n) is 1.78. The van der Waals surface area contributed by atoms with E-state index in [9.17, 15) is 9.59 Å². The molecule has 0 saturated heterocycles. The second-order valence-electron chi connectivity index (χ2n) is 2.82. The van der Waals surface area contributed by atoms with Crippen molar-refractivity contribution in [2.45, 2.75) is 6.54 Å². The minimum Gasteiger partial charge on any atom is -0.351 e. The monoisotopic (exact) mass is 191 g/mol. The number of carbonyl (C=O) groups excluding carboxylic acids is 2. The molecule has 1 aromatic carbocycles. The van der Waals surface area contributed by atoms with Gasteiger partial charge in [-0.25, -0.2) is 4.79 Å². The van der Waals surface area contributed by atoms with E-state index < -0.39 is 6.03 Å². The Balaban J connectivity index is 2.64. The highest BCUT2D eigenvalue weighted by Crippen LogP contribution is 2.02. The van der Waals surface area contributed by atoms with Gasteiger partial charge in [-0.3, -0.25) is 4.79 Å². The first-order chi connectivity index (χ1) is 6.74. The molecule has 0 aliphatic carbocycles. The summed E-state index contributed by atoms with van der Waals surface area (Å²) in [6, 6.07) is 8.71. The van der Waals surface area contributed by atoms with Crippen molar-refractivity contribution < 1.29 is 9.59 Å². The van der Waals surface area contributed by atoms with Gasteiger partial charge in [-0.15, -0.1) is 0 Å². The summed E-state index contributed by atoms with van der Waals surface area (Å²) < 4.78 is 0. The van der Waals surface area contributed by atoms with Gasteiger partial charge in [0.25, 0.3) is 0 Å². The number of hydrogen-bond donors (Lipinski definition) is 1. The van der Waals surface area contributed by atoms with E-state index in [1.165, 1.54) is 4.90 Å². The zero-order valence-electron chi connectivity index (χ0n) is 7.64. The number of carbonyl (C=O) groups is 1. The predicted octanol–water partition coefficient (Wildman–Crippen LogP) is 0.677. The Hall–Kier alpha value is -1.84. The summed E-state index contributed by atoms with van der Waals surface area (Å²) in [5, 5.41) is 0. The third-order valence-corrected chi connectivity index (χ3v) is 1.78. The van der Waals surface area contributed by atoms with Gasteiger partial charge in [0, 0.05) is 6.54 Å². The van der Waals surface area contributed by atoms with E-state index in [2.05, 4.69) is 0 Å². The topological polar surface area (TPSA) is 63.4 Å². The zero-order valence-corrected chi connectivity index (χ0v) is 7.64. The van der Waals surface area contributed by atoms with E-state index in [1.54, 1.807) is 6.29 Å². The van der Waals surface area contributed by atoms with E-state index in [1.807, 2.05) is 30.3 Å². The van der Waals surface area contributed by atoms with Crippen LogP contribution in [0.2, 0.25) is 0 Å². The lowest BCUT2D eigenvalue weighted by molar-refractivity contribution is 0.212. The highest BCUT2D eigenvalue weighted by Gasteiger charge is 2.08. The molecular weight excluding hydrogens is 180 g/mol. The molecule has 2 amide bonds. The molecule has 0 atom stereocenters. The van der Waals surface area contributed by atoms with Crippen LogP contribution < -0.4 is 5.73 Å². The van der Waals surface area contributed by atoms with Gasteiger partial charge in [-0.2, -0.15) is 0 Å². The molecule has 0 bridgehead atoms. The van der Waals surface area contributed by atoms with E-state index in [4.69, 9.17) is 5.73 Å². The molecule has 0 aromatic heterocycles. The fourth-order valence-corrected chi connectivity index (χ4v) is 1.09. The Morgan fingerprint density at radius 1 is 1.36 bits per heavy atom. The maximum absolute atomic E-state index is 10.9. The largest absolute Gasteiger partial charge is 0.351 e. The standard InChI is InChI=1S/C10H11N2O2/c11-10(14)12(6-7-13)8-9-4-2-1-3-5-9/h1-5H,6,8H2,(H2,11,14). The van der Waals surface area contributed by atoms with Crippen LogP contribution >= 0.6 is 0 Å². The number of rotatable bonds is 4. The number of nitrogens with zero attached hydrogens (tertiary/aromatic N) is 1. The van der Waals surface area contributed by atoms with E-state index in [0.29, 0.717) is 6.54 Å². The molecule has 1 aromatic rings. The molecule has 4 heteroatoms. The molecule has 4 nitrogen and oxygen atoms in total. The van der Waals surface area contributed by atoms with E-state index in [-0.39, 0.29) is 6.54 Å². The fourth-order valence-electron chi connectivity index (χ4n) is 1.09. The minimum absolute atomic E-state index is 0.0930. The number of benzene rings is 1. The van der Waals surface area contributed by atoms with Gasteiger partial charge in [0.15, 0.2) is 0 Å². The van der Waals surface area contributed by atoms with Crippen LogP contribution in [0.5, 0.6) is 0 Å². The van der Waals surface area contributed by atoms with Gasteiger partial charge in [0.2, 0.25) is 6.29 Å². The smallest absolute Gasteiger partial charge is 0.315 e. The molecule has 0 spiro atoms. The highest BCUT2D eigenvalue weighted by atomic mass is 16.2. The lowest BCUT2D eigenvalue weighted by Crippen LogP contribution is -2.36. The zero-order chi connectivity index (χ0) is 10.4. The van der Waals surface area contributed by atoms with E-state index in [0.717, 1.165) is 5.56 Å². The van der Waals surface area contributed by atoms with E-state index >= 15 is 0 Å². The van der Waals surface area contributed by atoms with Crippen LogP contribution in [-0.4, -0.2) is 23.8 Å². The second kappa shape index (κ2) is 5.01. The molecule has 0 fully saturated rings. The SMILES string of the molecule is NC(=O)N(C[C]=O)Cc1ccccc1. The average Bonchev–Trinajstić information content (AvgIpc) is 2.18. The molecule has 1 rings (SSSR count). The van der Waals surface area contributed by atoms with Crippen molar-refractivity contribution in [2.75, 3.05) is 6.54 Å². The average molecular weight is 191 g/mol. The van der Waals surface area contributed by atoms with Gasteiger partial charge in [-0.1, -0.05) is 30.3 Å². The van der Waals surface area contributed by atoms with Gasteiger partial charge in [0.1, 0.15) is 0 Å². The van der Waals surface area contributed by atoms with Gasteiger partial charge >= 0.3 is 6.03 Å². The fraction of sp³-hybridized carbons (Fsp3) is 0.200. The van der Waals surface area contributed by atoms with Crippen LogP contribution in [0.15, 0.2) is 30.3 Å². The molecule has 0 unspecified atom stereocenters. The molecule has 1 radical (unpaired) electrons. The van der Waals surface area contributed by atoms with Crippen LogP contribution in [0.1, 0.15) is 5.56 Å². The van der Waals surface area contributed by atoms with Gasteiger partial charge in [0.05, 0.1) is 6.54 Å². The number of hydrogen-bond acceptors (Lipinski definition) is 2. The van der Waals surface area contributed by atoms with Crippen LogP contribution in [0.4, 0.5) is 4.79 Å². The Morgan fingerprint density at radius 3 is 2.50 bits per heavy atom. The van der Waals surface area contributed by atoms with Crippen molar-refractivity contribution in [3.05, 3.63) is 35.9 Å². The minimum atomic E-state index is -0.614. The number of urea groups is 1. The second-order valence-corrected chi connectivity index (χ2v) is 2.82. The Bertz CT molecular complexity index is 311. The Labute approximate surface area is 82.3 Å². The molecule has 2 N–H and O–H groups in total. The first kappa shape index (κ1) is 10.2. The number of nitrogens with two attached hydrogens (primary N) is 1. The normalized spacial score (nSPS) is 9.43. The van der Waals surface area contributed by atoms with Crippen LogP contribution in [0, 0.1) is 0 Å². The summed E-state index contributed by atoms with van der Waals surface area (Å²) in [6.07, 6.45) is 1.64. The lowest BCUT2D eigenvalue weighted by Gasteiger charge is -2.16. The van der Waals surface area contributed by atoms with Crippen LogP contribution in [0.25, 0.3) is 0 Å².